The summed E-state index contributed by atoms with van der Waals surface area (Å²) < 4.78 is 9.68. The maximum atomic E-state index is 12.3. The molecule has 0 fully saturated rings. The van der Waals surface area contributed by atoms with Gasteiger partial charge in [-0.1, -0.05) is 5.16 Å². The lowest BCUT2D eigenvalue weighted by molar-refractivity contribution is -0.384. The number of nitro groups is 1. The lowest BCUT2D eigenvalue weighted by atomic mass is 10.1. The summed E-state index contributed by atoms with van der Waals surface area (Å²) >= 11 is 0. The molecule has 0 unspecified atom stereocenters. The molecule has 0 radical (unpaired) electrons. The first-order chi connectivity index (χ1) is 10.9. The monoisotopic (exact) mass is 319 g/mol. The van der Waals surface area contributed by atoms with E-state index >= 15 is 0 Å². The van der Waals surface area contributed by atoms with Crippen LogP contribution in [0.4, 0.5) is 11.4 Å². The molecule has 9 heteroatoms. The van der Waals surface area contributed by atoms with E-state index in [0.717, 1.165) is 0 Å². The van der Waals surface area contributed by atoms with E-state index in [9.17, 15) is 19.7 Å². The van der Waals surface area contributed by atoms with E-state index in [-0.39, 0.29) is 29.3 Å². The third-order valence-corrected chi connectivity index (χ3v) is 2.89. The molecule has 0 atom stereocenters. The van der Waals surface area contributed by atoms with Gasteiger partial charge in [-0.25, -0.2) is 4.79 Å². The number of aromatic nitrogens is 1. The summed E-state index contributed by atoms with van der Waals surface area (Å²) in [5, 5.41) is 16.6. The number of anilines is 1. The van der Waals surface area contributed by atoms with Gasteiger partial charge in [0.05, 0.1) is 11.5 Å². The minimum absolute atomic E-state index is 0.0400. The van der Waals surface area contributed by atoms with Gasteiger partial charge >= 0.3 is 5.97 Å². The summed E-state index contributed by atoms with van der Waals surface area (Å²) in [6.07, 6.45) is 0. The zero-order chi connectivity index (χ0) is 17.0. The van der Waals surface area contributed by atoms with Crippen molar-refractivity contribution in [1.29, 1.82) is 0 Å². The SMILES string of the molecule is CCOC(=O)c1noc(C)c1C(=O)Nc1ccc([N+](=O)[O-])cc1. The number of nitro benzene ring substituents is 1. The highest BCUT2D eigenvalue weighted by atomic mass is 16.6. The second-order valence-corrected chi connectivity index (χ2v) is 4.44. The number of amides is 1. The van der Waals surface area contributed by atoms with Gasteiger partial charge in [0.1, 0.15) is 11.3 Å². The van der Waals surface area contributed by atoms with Gasteiger partial charge in [-0.2, -0.15) is 0 Å². The maximum absolute atomic E-state index is 12.3. The van der Waals surface area contributed by atoms with E-state index in [1.54, 1.807) is 6.92 Å². The fraction of sp³-hybridized carbons (Fsp3) is 0.214. The molecular formula is C14H13N3O6. The van der Waals surface area contributed by atoms with Crippen molar-refractivity contribution in [3.63, 3.8) is 0 Å². The van der Waals surface area contributed by atoms with Crippen molar-refractivity contribution in [2.75, 3.05) is 11.9 Å². The van der Waals surface area contributed by atoms with E-state index in [2.05, 4.69) is 10.5 Å². The number of nitrogens with one attached hydrogen (secondary N) is 1. The molecule has 120 valence electrons. The Balaban J connectivity index is 2.22. The highest BCUT2D eigenvalue weighted by Gasteiger charge is 2.26. The molecule has 0 aliphatic heterocycles. The largest absolute Gasteiger partial charge is 0.461 e. The maximum Gasteiger partial charge on any atom is 0.361 e. The van der Waals surface area contributed by atoms with Crippen molar-refractivity contribution in [3.8, 4) is 0 Å². The molecular weight excluding hydrogens is 306 g/mol. The van der Waals surface area contributed by atoms with Crippen molar-refractivity contribution >= 4 is 23.3 Å². The summed E-state index contributed by atoms with van der Waals surface area (Å²) in [6, 6.07) is 5.26. The molecule has 1 amide bonds. The van der Waals surface area contributed by atoms with Gasteiger partial charge in [-0.3, -0.25) is 14.9 Å². The lowest BCUT2D eigenvalue weighted by Gasteiger charge is -2.05. The van der Waals surface area contributed by atoms with Crippen molar-refractivity contribution in [2.24, 2.45) is 0 Å². The van der Waals surface area contributed by atoms with Crippen LogP contribution in [-0.2, 0) is 4.74 Å². The summed E-state index contributed by atoms with van der Waals surface area (Å²) in [4.78, 5) is 34.1. The molecule has 0 aliphatic rings. The molecule has 1 aromatic carbocycles. The normalized spacial score (nSPS) is 10.2. The van der Waals surface area contributed by atoms with Gasteiger partial charge in [0, 0.05) is 17.8 Å². The second-order valence-electron chi connectivity index (χ2n) is 4.44. The van der Waals surface area contributed by atoms with Gasteiger partial charge < -0.3 is 14.6 Å². The lowest BCUT2D eigenvalue weighted by Crippen LogP contribution is -2.17. The van der Waals surface area contributed by atoms with Crippen LogP contribution in [0.15, 0.2) is 28.8 Å². The van der Waals surface area contributed by atoms with E-state index in [0.29, 0.717) is 5.69 Å². The van der Waals surface area contributed by atoms with Crippen LogP contribution in [0.2, 0.25) is 0 Å². The molecule has 0 saturated heterocycles. The Morgan fingerprint density at radius 1 is 1.35 bits per heavy atom. The van der Waals surface area contributed by atoms with Gasteiger partial charge in [0.15, 0.2) is 0 Å². The van der Waals surface area contributed by atoms with E-state index < -0.39 is 16.8 Å². The molecule has 1 heterocycles. The van der Waals surface area contributed by atoms with Crippen LogP contribution in [0, 0.1) is 17.0 Å². The minimum atomic E-state index is -0.766. The Morgan fingerprint density at radius 2 is 2.00 bits per heavy atom. The zero-order valence-electron chi connectivity index (χ0n) is 12.4. The third kappa shape index (κ3) is 3.51. The smallest absolute Gasteiger partial charge is 0.361 e. The van der Waals surface area contributed by atoms with Crippen LogP contribution >= 0.6 is 0 Å². The van der Waals surface area contributed by atoms with E-state index in [1.807, 2.05) is 0 Å². The highest BCUT2D eigenvalue weighted by Crippen LogP contribution is 2.19. The summed E-state index contributed by atoms with van der Waals surface area (Å²) in [7, 11) is 0. The first-order valence-corrected chi connectivity index (χ1v) is 6.63. The van der Waals surface area contributed by atoms with Gasteiger partial charge in [0.25, 0.3) is 11.6 Å². The first kappa shape index (κ1) is 16.1. The topological polar surface area (TPSA) is 125 Å². The van der Waals surface area contributed by atoms with Crippen LogP contribution in [0.3, 0.4) is 0 Å². The van der Waals surface area contributed by atoms with Crippen LogP contribution < -0.4 is 5.32 Å². The Labute approximate surface area is 130 Å². The van der Waals surface area contributed by atoms with Crippen molar-refractivity contribution in [3.05, 3.63) is 51.4 Å². The van der Waals surface area contributed by atoms with Gasteiger partial charge in [0.2, 0.25) is 5.69 Å². The number of aryl methyl sites for hydroxylation is 1. The first-order valence-electron chi connectivity index (χ1n) is 6.63. The van der Waals surface area contributed by atoms with E-state index in [4.69, 9.17) is 9.26 Å². The molecule has 1 N–H and O–H groups in total. The quantitative estimate of drug-likeness (QED) is 0.509. The van der Waals surface area contributed by atoms with Crippen LogP contribution in [0.5, 0.6) is 0 Å². The van der Waals surface area contributed by atoms with Crippen molar-refractivity contribution < 1.29 is 23.8 Å². The van der Waals surface area contributed by atoms with Crippen LogP contribution in [0.1, 0.15) is 33.5 Å². The molecule has 0 saturated carbocycles. The second kappa shape index (κ2) is 6.69. The molecule has 1 aromatic heterocycles. The van der Waals surface area contributed by atoms with Gasteiger partial charge in [-0.15, -0.1) is 0 Å². The van der Waals surface area contributed by atoms with Crippen molar-refractivity contribution in [2.45, 2.75) is 13.8 Å². The Morgan fingerprint density at radius 3 is 2.57 bits per heavy atom. The highest BCUT2D eigenvalue weighted by molar-refractivity contribution is 6.10. The Kier molecular flexibility index (Phi) is 4.69. The molecule has 0 spiro atoms. The number of hydrogen-bond acceptors (Lipinski definition) is 7. The minimum Gasteiger partial charge on any atom is -0.461 e. The molecule has 0 bridgehead atoms. The average molecular weight is 319 g/mol. The van der Waals surface area contributed by atoms with Gasteiger partial charge in [-0.05, 0) is 26.0 Å². The summed E-state index contributed by atoms with van der Waals surface area (Å²) in [5.41, 5.74) is -0.0297. The molecule has 9 nitrogen and oxygen atoms in total. The number of carbonyl (C=O) groups excluding carboxylic acids is 2. The summed E-state index contributed by atoms with van der Waals surface area (Å²) in [5.74, 6) is -1.23. The number of esters is 1. The number of hydrogen-bond donors (Lipinski definition) is 1. The van der Waals surface area contributed by atoms with Crippen LogP contribution in [-0.4, -0.2) is 28.6 Å². The number of non-ortho nitro benzene ring substituents is 1. The molecule has 23 heavy (non-hydrogen) atoms. The number of nitrogens with zero attached hydrogens (tertiary/aromatic N) is 2. The third-order valence-electron chi connectivity index (χ3n) is 2.89. The number of benzene rings is 1. The standard InChI is InChI=1S/C14H13N3O6/c1-3-22-14(19)12-11(8(2)23-16-12)13(18)15-9-4-6-10(7-5-9)17(20)21/h4-7H,3H2,1-2H3,(H,15,18). The average Bonchev–Trinajstić information content (AvgIpc) is 2.90. The van der Waals surface area contributed by atoms with E-state index in [1.165, 1.54) is 31.2 Å². The molecule has 0 aliphatic carbocycles. The Bertz CT molecular complexity index is 750. The number of ether oxygens (including phenoxy) is 1. The fourth-order valence-corrected chi connectivity index (χ4v) is 1.84. The fourth-order valence-electron chi connectivity index (χ4n) is 1.84. The van der Waals surface area contributed by atoms with Crippen LogP contribution in [0.25, 0.3) is 0 Å². The Hall–Kier alpha value is -3.23. The predicted molar refractivity (Wildman–Crippen MR) is 78.2 cm³/mol. The molecule has 2 aromatic rings. The summed E-state index contributed by atoms with van der Waals surface area (Å²) in [6.45, 7) is 3.25. The predicted octanol–water partition coefficient (Wildman–Crippen LogP) is 2.32. The number of rotatable bonds is 5. The zero-order valence-corrected chi connectivity index (χ0v) is 12.4. The molecule has 2 rings (SSSR count). The number of carbonyl (C=O) groups is 2. The van der Waals surface area contributed by atoms with Crippen molar-refractivity contribution in [1.82, 2.24) is 5.16 Å².